The van der Waals surface area contributed by atoms with E-state index in [0.717, 1.165) is 12.1 Å². The molecule has 1 heterocycles. The molecule has 1 aliphatic heterocycles. The van der Waals surface area contributed by atoms with Gasteiger partial charge in [-0.15, -0.1) is 0 Å². The Morgan fingerprint density at radius 2 is 1.94 bits per heavy atom. The molecule has 1 saturated heterocycles. The topological polar surface area (TPSA) is 63.4 Å². The molecule has 0 bridgehead atoms. The van der Waals surface area contributed by atoms with Gasteiger partial charge >= 0.3 is 0 Å². The van der Waals surface area contributed by atoms with Crippen LogP contribution in [0.2, 0.25) is 0 Å². The van der Waals surface area contributed by atoms with Crippen LogP contribution in [0.1, 0.15) is 11.1 Å². The van der Waals surface area contributed by atoms with Gasteiger partial charge in [0.2, 0.25) is 0 Å². The van der Waals surface area contributed by atoms with Crippen molar-refractivity contribution in [1.82, 2.24) is 0 Å². The molecule has 1 aliphatic rings. The average molecular weight is 268 g/mol. The normalized spacial score (nSPS) is 18.9. The number of rotatable bonds is 3. The quantitative estimate of drug-likeness (QED) is 0.878. The third-order valence-electron chi connectivity index (χ3n) is 3.38. The third kappa shape index (κ3) is 3.03. The third-order valence-corrected chi connectivity index (χ3v) is 4.99. The first kappa shape index (κ1) is 13.4. The molecule has 2 rings (SSSR count). The van der Waals surface area contributed by atoms with Crippen LogP contribution >= 0.6 is 0 Å². The Hall–Kier alpha value is -1.07. The van der Waals surface area contributed by atoms with Gasteiger partial charge in [-0.25, -0.2) is 8.42 Å². The highest BCUT2D eigenvalue weighted by molar-refractivity contribution is 7.91. The Labute approximate surface area is 109 Å². The maximum absolute atomic E-state index is 11.4. The van der Waals surface area contributed by atoms with Crippen molar-refractivity contribution in [2.45, 2.75) is 13.3 Å². The summed E-state index contributed by atoms with van der Waals surface area (Å²) in [5.41, 5.74) is 9.12. The van der Waals surface area contributed by atoms with Crippen molar-refractivity contribution >= 4 is 15.5 Å². The Bertz CT molecular complexity index is 512. The summed E-state index contributed by atoms with van der Waals surface area (Å²) in [5, 5.41) is 0. The van der Waals surface area contributed by atoms with Crippen LogP contribution in [-0.4, -0.2) is 39.6 Å². The second-order valence-electron chi connectivity index (χ2n) is 4.80. The fourth-order valence-electron chi connectivity index (χ4n) is 2.35. The van der Waals surface area contributed by atoms with Gasteiger partial charge in [-0.05, 0) is 37.1 Å². The minimum atomic E-state index is -2.81. The van der Waals surface area contributed by atoms with E-state index in [2.05, 4.69) is 30.0 Å². The number of hydrogen-bond donors (Lipinski definition) is 1. The number of anilines is 1. The lowest BCUT2D eigenvalue weighted by Crippen LogP contribution is -2.40. The summed E-state index contributed by atoms with van der Waals surface area (Å²) in [4.78, 5) is 2.16. The number of benzene rings is 1. The maximum atomic E-state index is 11.4. The van der Waals surface area contributed by atoms with Crippen LogP contribution in [0.15, 0.2) is 18.2 Å². The van der Waals surface area contributed by atoms with Crippen LogP contribution in [0.4, 0.5) is 5.69 Å². The van der Waals surface area contributed by atoms with Crippen LogP contribution < -0.4 is 10.6 Å². The monoisotopic (exact) mass is 268 g/mol. The molecule has 1 fully saturated rings. The zero-order valence-corrected chi connectivity index (χ0v) is 11.5. The SMILES string of the molecule is Cc1cc(CCN)ccc1N1CCS(=O)(=O)CC1. The molecule has 0 radical (unpaired) electrons. The van der Waals surface area contributed by atoms with Gasteiger partial charge in [-0.1, -0.05) is 12.1 Å². The molecule has 4 nitrogen and oxygen atoms in total. The Morgan fingerprint density at radius 1 is 1.28 bits per heavy atom. The van der Waals surface area contributed by atoms with Crippen molar-refractivity contribution in [3.8, 4) is 0 Å². The van der Waals surface area contributed by atoms with Gasteiger partial charge in [0.05, 0.1) is 11.5 Å². The summed E-state index contributed by atoms with van der Waals surface area (Å²) in [6.07, 6.45) is 0.884. The zero-order chi connectivity index (χ0) is 13.2. The van der Waals surface area contributed by atoms with E-state index in [9.17, 15) is 8.42 Å². The van der Waals surface area contributed by atoms with Gasteiger partial charge < -0.3 is 10.6 Å². The summed E-state index contributed by atoms with van der Waals surface area (Å²) in [6, 6.07) is 6.31. The number of sulfone groups is 1. The van der Waals surface area contributed by atoms with E-state index in [4.69, 9.17) is 5.73 Å². The van der Waals surface area contributed by atoms with Crippen LogP contribution in [0, 0.1) is 6.92 Å². The molecule has 0 atom stereocenters. The van der Waals surface area contributed by atoms with E-state index >= 15 is 0 Å². The van der Waals surface area contributed by atoms with Gasteiger partial charge in [0.25, 0.3) is 0 Å². The van der Waals surface area contributed by atoms with Crippen LogP contribution in [0.25, 0.3) is 0 Å². The van der Waals surface area contributed by atoms with E-state index in [1.54, 1.807) is 0 Å². The predicted octanol–water partition coefficient (Wildman–Crippen LogP) is 0.731. The molecule has 0 aliphatic carbocycles. The summed E-state index contributed by atoms with van der Waals surface area (Å²) in [7, 11) is -2.81. The van der Waals surface area contributed by atoms with Crippen molar-refractivity contribution in [3.63, 3.8) is 0 Å². The van der Waals surface area contributed by atoms with E-state index in [-0.39, 0.29) is 11.5 Å². The van der Waals surface area contributed by atoms with Crippen LogP contribution in [-0.2, 0) is 16.3 Å². The van der Waals surface area contributed by atoms with E-state index in [0.29, 0.717) is 19.6 Å². The largest absolute Gasteiger partial charge is 0.369 e. The predicted molar refractivity (Wildman–Crippen MR) is 74.8 cm³/mol. The van der Waals surface area contributed by atoms with Crippen molar-refractivity contribution < 1.29 is 8.42 Å². The summed E-state index contributed by atoms with van der Waals surface area (Å²) < 4.78 is 22.8. The molecule has 2 N–H and O–H groups in total. The van der Waals surface area contributed by atoms with E-state index in [1.807, 2.05) is 0 Å². The summed E-state index contributed by atoms with van der Waals surface area (Å²) in [5.74, 6) is 0.522. The Balaban J connectivity index is 2.14. The number of nitrogens with zero attached hydrogens (tertiary/aromatic N) is 1. The van der Waals surface area contributed by atoms with Gasteiger partial charge in [-0.2, -0.15) is 0 Å². The van der Waals surface area contributed by atoms with Crippen molar-refractivity contribution in [3.05, 3.63) is 29.3 Å². The van der Waals surface area contributed by atoms with Crippen molar-refractivity contribution in [1.29, 1.82) is 0 Å². The molecule has 1 aromatic rings. The molecular weight excluding hydrogens is 248 g/mol. The molecule has 5 heteroatoms. The van der Waals surface area contributed by atoms with Crippen molar-refractivity contribution in [2.75, 3.05) is 36.0 Å². The molecule has 0 saturated carbocycles. The molecule has 0 aromatic heterocycles. The van der Waals surface area contributed by atoms with Gasteiger partial charge in [0.1, 0.15) is 0 Å². The number of nitrogens with two attached hydrogens (primary N) is 1. The second-order valence-corrected chi connectivity index (χ2v) is 7.10. The van der Waals surface area contributed by atoms with E-state index in [1.165, 1.54) is 11.1 Å². The second kappa shape index (κ2) is 5.28. The fraction of sp³-hybridized carbons (Fsp3) is 0.538. The van der Waals surface area contributed by atoms with Crippen LogP contribution in [0.3, 0.4) is 0 Å². The standard InChI is InChI=1S/C13H20N2O2S/c1-11-10-12(4-5-14)2-3-13(11)15-6-8-18(16,17)9-7-15/h2-3,10H,4-9,14H2,1H3. The smallest absolute Gasteiger partial charge is 0.153 e. The van der Waals surface area contributed by atoms with Gasteiger partial charge in [0.15, 0.2) is 9.84 Å². The molecule has 0 spiro atoms. The first-order chi connectivity index (χ1) is 8.52. The molecule has 0 amide bonds. The lowest BCUT2D eigenvalue weighted by Gasteiger charge is -2.30. The lowest BCUT2D eigenvalue weighted by molar-refractivity contribution is 0.586. The summed E-state index contributed by atoms with van der Waals surface area (Å²) >= 11 is 0. The number of aryl methyl sites for hydroxylation is 1. The maximum Gasteiger partial charge on any atom is 0.153 e. The Morgan fingerprint density at radius 3 is 2.50 bits per heavy atom. The van der Waals surface area contributed by atoms with Crippen LogP contribution in [0.5, 0.6) is 0 Å². The molecule has 18 heavy (non-hydrogen) atoms. The highest BCUT2D eigenvalue weighted by Gasteiger charge is 2.22. The molecule has 100 valence electrons. The Kier molecular flexibility index (Phi) is 3.92. The fourth-order valence-corrected chi connectivity index (χ4v) is 3.55. The zero-order valence-electron chi connectivity index (χ0n) is 10.7. The molecule has 0 unspecified atom stereocenters. The first-order valence-corrected chi connectivity index (χ1v) is 8.09. The average Bonchev–Trinajstić information content (AvgIpc) is 2.31. The molecular formula is C13H20N2O2S. The summed E-state index contributed by atoms with van der Waals surface area (Å²) in [6.45, 7) is 3.91. The number of hydrogen-bond acceptors (Lipinski definition) is 4. The molecule has 1 aromatic carbocycles. The highest BCUT2D eigenvalue weighted by atomic mass is 32.2. The minimum absolute atomic E-state index is 0.261. The van der Waals surface area contributed by atoms with Gasteiger partial charge in [0, 0.05) is 18.8 Å². The first-order valence-electron chi connectivity index (χ1n) is 6.27. The minimum Gasteiger partial charge on any atom is -0.369 e. The van der Waals surface area contributed by atoms with Crippen molar-refractivity contribution in [2.24, 2.45) is 5.73 Å². The van der Waals surface area contributed by atoms with E-state index < -0.39 is 9.84 Å². The highest BCUT2D eigenvalue weighted by Crippen LogP contribution is 2.23. The van der Waals surface area contributed by atoms with Gasteiger partial charge in [-0.3, -0.25) is 0 Å². The lowest BCUT2D eigenvalue weighted by atomic mass is 10.1.